The van der Waals surface area contributed by atoms with Crippen LogP contribution in [0.4, 0.5) is 8.78 Å². The molecule has 0 N–H and O–H groups in total. The summed E-state index contributed by atoms with van der Waals surface area (Å²) in [6, 6.07) is 0. The minimum absolute atomic E-state index is 0.608. The SMILES string of the molecule is CC(F)(F)COP(=O)(Cl)Cl. The summed E-state index contributed by atoms with van der Waals surface area (Å²) >= 11 is 9.61. The summed E-state index contributed by atoms with van der Waals surface area (Å²) in [7, 11) is 0. The van der Waals surface area contributed by atoms with E-state index in [2.05, 4.69) is 4.52 Å². The van der Waals surface area contributed by atoms with E-state index in [0.29, 0.717) is 6.92 Å². The van der Waals surface area contributed by atoms with E-state index >= 15 is 0 Å². The summed E-state index contributed by atoms with van der Waals surface area (Å²) in [5, 5.41) is 0. The maximum atomic E-state index is 11.9. The summed E-state index contributed by atoms with van der Waals surface area (Å²) in [6.07, 6.45) is -3.80. The molecule has 0 aromatic heterocycles. The molecule has 0 rings (SSSR count). The van der Waals surface area contributed by atoms with Crippen LogP contribution in [0.5, 0.6) is 0 Å². The van der Waals surface area contributed by atoms with Gasteiger partial charge in [0.15, 0.2) is 0 Å². The van der Waals surface area contributed by atoms with Crippen LogP contribution >= 0.6 is 28.6 Å². The van der Waals surface area contributed by atoms with Gasteiger partial charge in [-0.15, -0.1) is 0 Å². The Morgan fingerprint density at radius 3 is 2.10 bits per heavy atom. The van der Waals surface area contributed by atoms with Gasteiger partial charge in [0.2, 0.25) is 0 Å². The van der Waals surface area contributed by atoms with Crippen molar-refractivity contribution in [3.8, 4) is 0 Å². The second-order valence-corrected chi connectivity index (χ2v) is 6.03. The van der Waals surface area contributed by atoms with Gasteiger partial charge in [0.1, 0.15) is 6.61 Å². The Hall–Kier alpha value is 0.630. The number of hydrogen-bond donors (Lipinski definition) is 0. The van der Waals surface area contributed by atoms with Gasteiger partial charge < -0.3 is 0 Å². The van der Waals surface area contributed by atoms with Crippen LogP contribution in [-0.4, -0.2) is 12.5 Å². The van der Waals surface area contributed by atoms with Crippen molar-refractivity contribution in [2.24, 2.45) is 0 Å². The highest BCUT2D eigenvalue weighted by Crippen LogP contribution is 2.58. The summed E-state index contributed by atoms with van der Waals surface area (Å²) in [5.74, 6) is -3.06. The third-order valence-electron chi connectivity index (χ3n) is 0.468. The molecule has 7 heteroatoms. The molecule has 0 bridgehead atoms. The zero-order valence-corrected chi connectivity index (χ0v) is 7.39. The average molecular weight is 213 g/mol. The van der Waals surface area contributed by atoms with Gasteiger partial charge in [0.25, 0.3) is 5.92 Å². The lowest BCUT2D eigenvalue weighted by Gasteiger charge is -2.09. The first-order chi connectivity index (χ1) is 4.21. The molecule has 2 nitrogen and oxygen atoms in total. The summed E-state index contributed by atoms with van der Waals surface area (Å²) < 4.78 is 37.9. The normalized spacial score (nSPS) is 13.7. The van der Waals surface area contributed by atoms with Crippen molar-refractivity contribution in [2.75, 3.05) is 6.61 Å². The van der Waals surface area contributed by atoms with Crippen molar-refractivity contribution < 1.29 is 17.9 Å². The fourth-order valence-electron chi connectivity index (χ4n) is 0.188. The van der Waals surface area contributed by atoms with Crippen LogP contribution in [0, 0.1) is 0 Å². The largest absolute Gasteiger partial charge is 0.380 e. The second kappa shape index (κ2) is 3.35. The minimum Gasteiger partial charge on any atom is -0.300 e. The molecular formula is C3H5Cl2F2O2P. The van der Waals surface area contributed by atoms with Crippen molar-refractivity contribution in [1.82, 2.24) is 0 Å². The third kappa shape index (κ3) is 8.63. The molecule has 0 aliphatic rings. The van der Waals surface area contributed by atoms with E-state index in [0.717, 1.165) is 0 Å². The summed E-state index contributed by atoms with van der Waals surface area (Å²) in [6.45, 7) is -0.423. The number of halogens is 4. The molecule has 10 heavy (non-hydrogen) atoms. The number of hydrogen-bond acceptors (Lipinski definition) is 2. The van der Waals surface area contributed by atoms with E-state index in [1.807, 2.05) is 0 Å². The Balaban J connectivity index is 3.67. The van der Waals surface area contributed by atoms with E-state index in [1.165, 1.54) is 0 Å². The van der Waals surface area contributed by atoms with Crippen LogP contribution < -0.4 is 0 Å². The lowest BCUT2D eigenvalue weighted by atomic mass is 10.4. The van der Waals surface area contributed by atoms with Crippen molar-refractivity contribution in [3.63, 3.8) is 0 Å². The molecule has 62 valence electrons. The van der Waals surface area contributed by atoms with Crippen LogP contribution in [0.2, 0.25) is 0 Å². The smallest absolute Gasteiger partial charge is 0.300 e. The summed E-state index contributed by atoms with van der Waals surface area (Å²) in [4.78, 5) is 0. The lowest BCUT2D eigenvalue weighted by Crippen LogP contribution is -2.16. The van der Waals surface area contributed by atoms with Gasteiger partial charge in [-0.2, -0.15) is 0 Å². The Kier molecular flexibility index (Phi) is 3.56. The molecule has 0 saturated heterocycles. The number of rotatable bonds is 3. The first-order valence-electron chi connectivity index (χ1n) is 2.22. The summed E-state index contributed by atoms with van der Waals surface area (Å²) in [5.41, 5.74) is 0. The van der Waals surface area contributed by atoms with E-state index in [-0.39, 0.29) is 0 Å². The van der Waals surface area contributed by atoms with Gasteiger partial charge in [0.05, 0.1) is 0 Å². The number of alkyl halides is 2. The second-order valence-electron chi connectivity index (χ2n) is 1.76. The Morgan fingerprint density at radius 1 is 1.60 bits per heavy atom. The van der Waals surface area contributed by atoms with E-state index < -0.39 is 18.6 Å². The predicted octanol–water partition coefficient (Wildman–Crippen LogP) is 3.24. The first-order valence-corrected chi connectivity index (χ1v) is 5.66. The molecule has 0 aliphatic carbocycles. The molecule has 0 heterocycles. The third-order valence-corrected chi connectivity index (χ3v) is 1.48. The van der Waals surface area contributed by atoms with Crippen molar-refractivity contribution in [2.45, 2.75) is 12.8 Å². The molecule has 0 unspecified atom stereocenters. The van der Waals surface area contributed by atoms with Crippen LogP contribution in [0.15, 0.2) is 0 Å². The van der Waals surface area contributed by atoms with Gasteiger partial charge in [-0.1, -0.05) is 0 Å². The lowest BCUT2D eigenvalue weighted by molar-refractivity contribution is -0.0204. The molecular weight excluding hydrogens is 208 g/mol. The molecule has 0 aromatic carbocycles. The van der Waals surface area contributed by atoms with Crippen molar-refractivity contribution in [3.05, 3.63) is 0 Å². The predicted molar refractivity (Wildman–Crippen MR) is 35.9 cm³/mol. The fourth-order valence-corrected chi connectivity index (χ4v) is 0.858. The standard InChI is InChI=1S/C3H5Cl2F2O2P/c1-3(6,7)2-9-10(4,5)8/h2H2,1H3. The van der Waals surface area contributed by atoms with Crippen LogP contribution in [-0.2, 0) is 9.09 Å². The molecule has 0 amide bonds. The topological polar surface area (TPSA) is 26.3 Å². The van der Waals surface area contributed by atoms with Gasteiger partial charge in [-0.25, -0.2) is 8.78 Å². The molecule has 0 fully saturated rings. The highest BCUT2D eigenvalue weighted by molar-refractivity contribution is 8.05. The molecule has 0 aromatic rings. The monoisotopic (exact) mass is 212 g/mol. The van der Waals surface area contributed by atoms with Crippen LogP contribution in [0.25, 0.3) is 0 Å². The van der Waals surface area contributed by atoms with Gasteiger partial charge in [-0.05, 0) is 22.5 Å². The van der Waals surface area contributed by atoms with Crippen molar-refractivity contribution in [1.29, 1.82) is 0 Å². The average Bonchev–Trinajstić information content (AvgIpc) is 1.57. The quantitative estimate of drug-likeness (QED) is 0.672. The highest BCUT2D eigenvalue weighted by Gasteiger charge is 2.26. The molecule has 0 atom stereocenters. The zero-order valence-electron chi connectivity index (χ0n) is 4.98. The fraction of sp³-hybridized carbons (Fsp3) is 1.00. The Bertz CT molecular complexity index is 151. The molecule has 0 spiro atoms. The van der Waals surface area contributed by atoms with Crippen LogP contribution in [0.3, 0.4) is 0 Å². The minimum atomic E-state index is -3.80. The highest BCUT2D eigenvalue weighted by atomic mass is 35.9. The zero-order chi connectivity index (χ0) is 8.41. The molecule has 0 radical (unpaired) electrons. The van der Waals surface area contributed by atoms with E-state index in [1.54, 1.807) is 0 Å². The first kappa shape index (κ1) is 10.6. The van der Waals surface area contributed by atoms with Gasteiger partial charge in [-0.3, -0.25) is 9.09 Å². The van der Waals surface area contributed by atoms with E-state index in [9.17, 15) is 13.3 Å². The Morgan fingerprint density at radius 2 is 2.00 bits per heavy atom. The van der Waals surface area contributed by atoms with Gasteiger partial charge >= 0.3 is 6.07 Å². The molecule has 0 aliphatic heterocycles. The van der Waals surface area contributed by atoms with E-state index in [4.69, 9.17) is 22.5 Å². The maximum Gasteiger partial charge on any atom is 0.380 e. The van der Waals surface area contributed by atoms with Crippen LogP contribution in [0.1, 0.15) is 6.92 Å². The van der Waals surface area contributed by atoms with Gasteiger partial charge in [0, 0.05) is 6.92 Å². The Labute approximate surface area is 66.5 Å². The van der Waals surface area contributed by atoms with Crippen molar-refractivity contribution >= 4 is 28.6 Å². The molecule has 0 saturated carbocycles. The maximum absolute atomic E-state index is 11.9.